The first-order chi connectivity index (χ1) is 16.3. The number of benzene rings is 3. The van der Waals surface area contributed by atoms with Crippen LogP contribution in [0.5, 0.6) is 5.75 Å². The van der Waals surface area contributed by atoms with Crippen molar-refractivity contribution in [1.29, 1.82) is 0 Å². The van der Waals surface area contributed by atoms with Crippen LogP contribution in [0.3, 0.4) is 0 Å². The summed E-state index contributed by atoms with van der Waals surface area (Å²) in [5, 5.41) is 2.63. The minimum absolute atomic E-state index is 0.0160. The Morgan fingerprint density at radius 3 is 2.00 bits per heavy atom. The van der Waals surface area contributed by atoms with Crippen molar-refractivity contribution in [3.63, 3.8) is 0 Å². The van der Waals surface area contributed by atoms with Crippen LogP contribution in [-0.2, 0) is 9.59 Å². The summed E-state index contributed by atoms with van der Waals surface area (Å²) in [5.74, 6) is -0.359. The van der Waals surface area contributed by atoms with E-state index in [1.165, 1.54) is 0 Å². The normalized spacial score (nSPS) is 10.6. The number of hydrazine groups is 1. The van der Waals surface area contributed by atoms with Crippen LogP contribution >= 0.6 is 28.1 Å². The lowest BCUT2D eigenvalue weighted by Gasteiger charge is -2.19. The maximum Gasteiger partial charge on any atom is 0.276 e. The van der Waals surface area contributed by atoms with E-state index in [1.54, 1.807) is 0 Å². The second kappa shape index (κ2) is 12.3. The van der Waals surface area contributed by atoms with Crippen molar-refractivity contribution in [1.82, 2.24) is 16.2 Å². The van der Waals surface area contributed by atoms with Gasteiger partial charge in [0, 0.05) is 0 Å². The van der Waals surface area contributed by atoms with Gasteiger partial charge in [-0.1, -0.05) is 80.6 Å². The molecular formula is C26H26BrN3O3S. The van der Waals surface area contributed by atoms with Gasteiger partial charge in [0.2, 0.25) is 5.91 Å². The summed E-state index contributed by atoms with van der Waals surface area (Å²) in [6.45, 7) is 3.98. The number of halogens is 1. The molecule has 0 saturated heterocycles. The van der Waals surface area contributed by atoms with Crippen LogP contribution in [0.1, 0.15) is 42.4 Å². The summed E-state index contributed by atoms with van der Waals surface area (Å²) >= 11 is 8.67. The Morgan fingerprint density at radius 1 is 0.882 bits per heavy atom. The highest BCUT2D eigenvalue weighted by Gasteiger charge is 2.23. The van der Waals surface area contributed by atoms with Crippen LogP contribution in [0.15, 0.2) is 83.3 Å². The van der Waals surface area contributed by atoms with Crippen LogP contribution in [0.2, 0.25) is 0 Å². The second-order valence-corrected chi connectivity index (χ2v) is 9.14. The Kier molecular flexibility index (Phi) is 9.18. The summed E-state index contributed by atoms with van der Waals surface area (Å²) in [6.07, 6.45) is 0. The number of amides is 2. The molecule has 3 aromatic carbocycles. The molecule has 0 radical (unpaired) electrons. The van der Waals surface area contributed by atoms with Gasteiger partial charge < -0.3 is 10.1 Å². The molecule has 0 fully saturated rings. The number of nitrogens with one attached hydrogen (secondary N) is 3. The molecule has 6 nitrogen and oxygen atoms in total. The van der Waals surface area contributed by atoms with Gasteiger partial charge in [0.1, 0.15) is 5.75 Å². The van der Waals surface area contributed by atoms with Gasteiger partial charge in [0.25, 0.3) is 5.91 Å². The molecule has 0 saturated carbocycles. The van der Waals surface area contributed by atoms with Gasteiger partial charge in [-0.05, 0) is 62.9 Å². The van der Waals surface area contributed by atoms with Crippen LogP contribution < -0.4 is 20.9 Å². The maximum absolute atomic E-state index is 13.0. The van der Waals surface area contributed by atoms with Crippen LogP contribution in [0, 0.1) is 0 Å². The molecule has 8 heteroatoms. The Morgan fingerprint density at radius 2 is 1.47 bits per heavy atom. The zero-order valence-electron chi connectivity index (χ0n) is 18.9. The summed E-state index contributed by atoms with van der Waals surface area (Å²) < 4.78 is 6.34. The molecule has 0 atom stereocenters. The predicted molar refractivity (Wildman–Crippen MR) is 140 cm³/mol. The highest BCUT2D eigenvalue weighted by molar-refractivity contribution is 9.10. The molecule has 0 heterocycles. The first kappa shape index (κ1) is 25.4. The van der Waals surface area contributed by atoms with Gasteiger partial charge in [-0.25, -0.2) is 0 Å². The molecule has 0 aliphatic heterocycles. The number of carbonyl (C=O) groups is 2. The van der Waals surface area contributed by atoms with E-state index in [4.69, 9.17) is 17.0 Å². The van der Waals surface area contributed by atoms with Crippen molar-refractivity contribution >= 4 is 45.1 Å². The van der Waals surface area contributed by atoms with Gasteiger partial charge >= 0.3 is 0 Å². The van der Waals surface area contributed by atoms with Crippen molar-refractivity contribution in [3.8, 4) is 5.75 Å². The number of carbonyl (C=O) groups excluding carboxylic acids is 2. The number of ether oxygens (including phenoxy) is 1. The maximum atomic E-state index is 13.0. The number of rotatable bonds is 7. The van der Waals surface area contributed by atoms with Crippen molar-refractivity contribution in [2.45, 2.75) is 25.7 Å². The molecule has 176 valence electrons. The highest BCUT2D eigenvalue weighted by Crippen LogP contribution is 2.29. The zero-order chi connectivity index (χ0) is 24.5. The molecule has 0 unspecified atom stereocenters. The van der Waals surface area contributed by atoms with Gasteiger partial charge in [-0.3, -0.25) is 20.4 Å². The molecule has 0 bridgehead atoms. The second-order valence-electron chi connectivity index (χ2n) is 7.88. The van der Waals surface area contributed by atoms with Crippen molar-refractivity contribution in [3.05, 3.63) is 100 Å². The lowest BCUT2D eigenvalue weighted by Crippen LogP contribution is -2.50. The first-order valence-electron chi connectivity index (χ1n) is 10.8. The van der Waals surface area contributed by atoms with Gasteiger partial charge in [-0.15, -0.1) is 0 Å². The minimum Gasteiger partial charge on any atom is -0.483 e. The smallest absolute Gasteiger partial charge is 0.276 e. The van der Waals surface area contributed by atoms with Crippen LogP contribution in [-0.4, -0.2) is 23.5 Å². The Balaban J connectivity index is 1.53. The number of hydrogen-bond acceptors (Lipinski definition) is 4. The molecule has 3 N–H and O–H groups in total. The molecular weight excluding hydrogens is 514 g/mol. The standard InChI is InChI=1S/C26H26BrN3O3S/c1-17(2)20-13-14-22(21(27)15-20)33-16-23(31)29-30-26(34)28-25(32)24(18-9-5-3-6-10-18)19-11-7-4-8-12-19/h3-15,17,24H,16H2,1-2H3,(H,29,31)(H2,28,30,32,34). The van der Waals surface area contributed by atoms with Gasteiger partial charge in [-0.2, -0.15) is 0 Å². The van der Waals surface area contributed by atoms with E-state index >= 15 is 0 Å². The fourth-order valence-corrected chi connectivity index (χ4v) is 3.96. The van der Waals surface area contributed by atoms with Crippen molar-refractivity contribution in [2.24, 2.45) is 0 Å². The SMILES string of the molecule is CC(C)c1ccc(OCC(=O)NNC(=S)NC(=O)C(c2ccccc2)c2ccccc2)c(Br)c1. The minimum atomic E-state index is -0.549. The molecule has 0 aliphatic carbocycles. The third kappa shape index (κ3) is 7.13. The Hall–Kier alpha value is -3.23. The summed E-state index contributed by atoms with van der Waals surface area (Å²) in [7, 11) is 0. The highest BCUT2D eigenvalue weighted by atomic mass is 79.9. The van der Waals surface area contributed by atoms with Crippen molar-refractivity contribution in [2.75, 3.05) is 6.61 Å². The van der Waals surface area contributed by atoms with E-state index in [1.807, 2.05) is 78.9 Å². The molecule has 0 aliphatic rings. The molecule has 2 amide bonds. The third-order valence-electron chi connectivity index (χ3n) is 5.06. The molecule has 3 aromatic rings. The van der Waals surface area contributed by atoms with Crippen LogP contribution in [0.4, 0.5) is 0 Å². The molecule has 3 rings (SSSR count). The third-order valence-corrected chi connectivity index (χ3v) is 5.89. The fourth-order valence-electron chi connectivity index (χ4n) is 3.30. The average Bonchev–Trinajstić information content (AvgIpc) is 2.83. The lowest BCUT2D eigenvalue weighted by molar-refractivity contribution is -0.124. The number of thiocarbonyl (C=S) groups is 1. The van der Waals surface area contributed by atoms with E-state index in [-0.39, 0.29) is 17.6 Å². The topological polar surface area (TPSA) is 79.5 Å². The number of hydrogen-bond donors (Lipinski definition) is 3. The molecule has 34 heavy (non-hydrogen) atoms. The summed E-state index contributed by atoms with van der Waals surface area (Å²) in [4.78, 5) is 25.2. The predicted octanol–water partition coefficient (Wildman–Crippen LogP) is 4.81. The van der Waals surface area contributed by atoms with E-state index in [0.29, 0.717) is 11.7 Å². The molecule has 0 aromatic heterocycles. The van der Waals surface area contributed by atoms with Crippen LogP contribution in [0.25, 0.3) is 0 Å². The monoisotopic (exact) mass is 539 g/mol. The van der Waals surface area contributed by atoms with Gasteiger partial charge in [0.05, 0.1) is 10.4 Å². The van der Waals surface area contributed by atoms with E-state index in [2.05, 4.69) is 45.9 Å². The first-order valence-corrected chi connectivity index (χ1v) is 12.0. The largest absolute Gasteiger partial charge is 0.483 e. The summed E-state index contributed by atoms with van der Waals surface area (Å²) in [5.41, 5.74) is 7.83. The zero-order valence-corrected chi connectivity index (χ0v) is 21.3. The van der Waals surface area contributed by atoms with Gasteiger partial charge in [0.15, 0.2) is 11.7 Å². The van der Waals surface area contributed by atoms with E-state index in [9.17, 15) is 9.59 Å². The fraction of sp³-hybridized carbons (Fsp3) is 0.192. The van der Waals surface area contributed by atoms with E-state index < -0.39 is 11.8 Å². The molecule has 0 spiro atoms. The average molecular weight is 540 g/mol. The summed E-state index contributed by atoms with van der Waals surface area (Å²) in [6, 6.07) is 24.6. The van der Waals surface area contributed by atoms with Crippen molar-refractivity contribution < 1.29 is 14.3 Å². The van der Waals surface area contributed by atoms with E-state index in [0.717, 1.165) is 21.2 Å². The quantitative estimate of drug-likeness (QED) is 0.296. The Bertz CT molecular complexity index is 1100. The lowest BCUT2D eigenvalue weighted by atomic mass is 9.90. The Labute approximate surface area is 213 Å².